The van der Waals surface area contributed by atoms with Crippen LogP contribution in [0.4, 0.5) is 11.5 Å². The highest BCUT2D eigenvalue weighted by atomic mass is 16.6. The van der Waals surface area contributed by atoms with E-state index in [4.69, 9.17) is 0 Å². The summed E-state index contributed by atoms with van der Waals surface area (Å²) in [6.45, 7) is 0.207. The van der Waals surface area contributed by atoms with Gasteiger partial charge in [0, 0.05) is 12.3 Å². The summed E-state index contributed by atoms with van der Waals surface area (Å²) in [5.41, 5.74) is 1.51. The second-order valence-corrected chi connectivity index (χ2v) is 5.30. The van der Waals surface area contributed by atoms with Crippen molar-refractivity contribution in [3.05, 3.63) is 70.3 Å². The van der Waals surface area contributed by atoms with Gasteiger partial charge in [-0.3, -0.25) is 10.1 Å². The van der Waals surface area contributed by atoms with E-state index in [1.165, 1.54) is 13.3 Å². The van der Waals surface area contributed by atoms with Gasteiger partial charge in [0.15, 0.2) is 0 Å². The second-order valence-electron chi connectivity index (χ2n) is 5.30. The van der Waals surface area contributed by atoms with Crippen LogP contribution >= 0.6 is 0 Å². The standard InChI is InChI=1S/C17H15N5O4/c1-26-17(23)12-7-14(22(24)25)16(19-8-12)20-10-15-18-9-13(21-15)11-5-3-2-4-6-11/h2-9H,10H2,1H3,(H,18,21)(H,19,20). The lowest BCUT2D eigenvalue weighted by atomic mass is 10.2. The number of hydrogen-bond acceptors (Lipinski definition) is 7. The van der Waals surface area contributed by atoms with Gasteiger partial charge >= 0.3 is 11.7 Å². The minimum Gasteiger partial charge on any atom is -0.465 e. The third-order valence-electron chi connectivity index (χ3n) is 3.62. The van der Waals surface area contributed by atoms with Gasteiger partial charge < -0.3 is 15.0 Å². The lowest BCUT2D eigenvalue weighted by Crippen LogP contribution is -2.09. The van der Waals surface area contributed by atoms with Crippen LogP contribution in [0.2, 0.25) is 0 Å². The summed E-state index contributed by atoms with van der Waals surface area (Å²) >= 11 is 0. The van der Waals surface area contributed by atoms with Gasteiger partial charge in [0.1, 0.15) is 5.82 Å². The molecule has 2 N–H and O–H groups in total. The fourth-order valence-corrected chi connectivity index (χ4v) is 2.34. The Morgan fingerprint density at radius 1 is 1.27 bits per heavy atom. The molecule has 0 unspecified atom stereocenters. The Bertz CT molecular complexity index is 939. The molecule has 1 aromatic carbocycles. The summed E-state index contributed by atoms with van der Waals surface area (Å²) < 4.78 is 4.55. The third-order valence-corrected chi connectivity index (χ3v) is 3.62. The number of methoxy groups -OCH3 is 1. The van der Waals surface area contributed by atoms with Crippen molar-refractivity contribution in [3.8, 4) is 11.3 Å². The number of esters is 1. The van der Waals surface area contributed by atoms with Gasteiger partial charge in [-0.25, -0.2) is 14.8 Å². The highest BCUT2D eigenvalue weighted by Crippen LogP contribution is 2.24. The van der Waals surface area contributed by atoms with Crippen molar-refractivity contribution in [1.29, 1.82) is 0 Å². The number of anilines is 1. The zero-order valence-electron chi connectivity index (χ0n) is 13.8. The summed E-state index contributed by atoms with van der Waals surface area (Å²) in [4.78, 5) is 33.5. The van der Waals surface area contributed by atoms with Crippen LogP contribution in [0.3, 0.4) is 0 Å². The van der Waals surface area contributed by atoms with Crippen LogP contribution in [0.1, 0.15) is 16.2 Å². The van der Waals surface area contributed by atoms with Crippen molar-refractivity contribution < 1.29 is 14.5 Å². The molecule has 2 aromatic heterocycles. The smallest absolute Gasteiger partial charge is 0.339 e. The van der Waals surface area contributed by atoms with Gasteiger partial charge in [-0.2, -0.15) is 0 Å². The number of aromatic nitrogens is 3. The molecule has 0 aliphatic carbocycles. The van der Waals surface area contributed by atoms with Crippen LogP contribution < -0.4 is 5.32 Å². The van der Waals surface area contributed by atoms with Crippen molar-refractivity contribution in [1.82, 2.24) is 15.0 Å². The molecule has 0 fully saturated rings. The molecule has 9 heteroatoms. The SMILES string of the molecule is COC(=O)c1cnc(NCc2ncc(-c3ccccc3)[nH]2)c([N+](=O)[O-])c1. The van der Waals surface area contributed by atoms with Crippen molar-refractivity contribution in [2.24, 2.45) is 0 Å². The van der Waals surface area contributed by atoms with Gasteiger partial charge in [-0.15, -0.1) is 0 Å². The van der Waals surface area contributed by atoms with E-state index in [1.54, 1.807) is 6.20 Å². The van der Waals surface area contributed by atoms with Crippen molar-refractivity contribution >= 4 is 17.5 Å². The number of hydrogen-bond donors (Lipinski definition) is 2. The first-order valence-electron chi connectivity index (χ1n) is 7.64. The van der Waals surface area contributed by atoms with Gasteiger partial charge in [0.25, 0.3) is 0 Å². The van der Waals surface area contributed by atoms with E-state index in [0.717, 1.165) is 17.3 Å². The fourth-order valence-electron chi connectivity index (χ4n) is 2.34. The number of carbonyl (C=O) groups excluding carboxylic acids is 1. The molecule has 132 valence electrons. The maximum atomic E-state index is 11.5. The number of H-pyrrole nitrogens is 1. The number of aromatic amines is 1. The zero-order valence-corrected chi connectivity index (χ0v) is 13.8. The molecule has 0 radical (unpaired) electrons. The van der Waals surface area contributed by atoms with Crippen LogP contribution in [-0.4, -0.2) is 33.0 Å². The lowest BCUT2D eigenvalue weighted by Gasteiger charge is -2.06. The van der Waals surface area contributed by atoms with Crippen molar-refractivity contribution in [2.45, 2.75) is 6.54 Å². The minimum absolute atomic E-state index is 0.00844. The van der Waals surface area contributed by atoms with Crippen LogP contribution in [0.5, 0.6) is 0 Å². The largest absolute Gasteiger partial charge is 0.465 e. The quantitative estimate of drug-likeness (QED) is 0.397. The molecule has 0 saturated carbocycles. The molecule has 9 nitrogen and oxygen atoms in total. The molecule has 3 aromatic rings. The number of imidazole rings is 1. The molecule has 0 aliphatic heterocycles. The number of ether oxygens (including phenoxy) is 1. The number of nitrogens with zero attached hydrogens (tertiary/aromatic N) is 3. The lowest BCUT2D eigenvalue weighted by molar-refractivity contribution is -0.384. The normalized spacial score (nSPS) is 10.3. The van der Waals surface area contributed by atoms with Gasteiger partial charge in [0.05, 0.1) is 36.0 Å². The summed E-state index contributed by atoms with van der Waals surface area (Å²) in [5, 5.41) is 14.1. The van der Waals surface area contributed by atoms with E-state index in [-0.39, 0.29) is 23.6 Å². The molecule has 0 atom stereocenters. The highest BCUT2D eigenvalue weighted by molar-refractivity contribution is 5.90. The van der Waals surface area contributed by atoms with E-state index < -0.39 is 10.9 Å². The summed E-state index contributed by atoms with van der Waals surface area (Å²) in [6.07, 6.45) is 2.91. The van der Waals surface area contributed by atoms with Crippen LogP contribution in [0, 0.1) is 10.1 Å². The molecule has 0 aliphatic rings. The third kappa shape index (κ3) is 3.66. The van der Waals surface area contributed by atoms with Crippen molar-refractivity contribution in [3.63, 3.8) is 0 Å². The molecule has 26 heavy (non-hydrogen) atoms. The van der Waals surface area contributed by atoms with E-state index in [1.807, 2.05) is 30.3 Å². The molecule has 0 spiro atoms. The monoisotopic (exact) mass is 353 g/mol. The second kappa shape index (κ2) is 7.43. The first kappa shape index (κ1) is 17.1. The summed E-state index contributed by atoms with van der Waals surface area (Å²) in [5.74, 6) is -0.0528. The Balaban J connectivity index is 1.76. The van der Waals surface area contributed by atoms with Crippen LogP contribution in [0.15, 0.2) is 48.8 Å². The molecule has 3 rings (SSSR count). The molecule has 0 amide bonds. The predicted molar refractivity (Wildman–Crippen MR) is 93.6 cm³/mol. The molecule has 0 saturated heterocycles. The van der Waals surface area contributed by atoms with Gasteiger partial charge in [-0.1, -0.05) is 30.3 Å². The van der Waals surface area contributed by atoms with Crippen LogP contribution in [0.25, 0.3) is 11.3 Å². The Labute approximate surface area is 148 Å². The number of nitro groups is 1. The number of benzene rings is 1. The average molecular weight is 353 g/mol. The maximum Gasteiger partial charge on any atom is 0.339 e. The molecule has 0 bridgehead atoms. The molecular formula is C17H15N5O4. The maximum absolute atomic E-state index is 11.5. The Kier molecular flexibility index (Phi) is 4.88. The number of carbonyl (C=O) groups is 1. The predicted octanol–water partition coefficient (Wildman–Crippen LogP) is 2.78. The first-order chi connectivity index (χ1) is 12.6. The number of nitrogens with one attached hydrogen (secondary N) is 2. The molecule has 2 heterocycles. The Morgan fingerprint density at radius 2 is 2.04 bits per heavy atom. The van der Waals surface area contributed by atoms with E-state index >= 15 is 0 Å². The van der Waals surface area contributed by atoms with Crippen molar-refractivity contribution in [2.75, 3.05) is 12.4 Å². The summed E-state index contributed by atoms with van der Waals surface area (Å²) in [7, 11) is 1.20. The van der Waals surface area contributed by atoms with Gasteiger partial charge in [-0.05, 0) is 5.56 Å². The van der Waals surface area contributed by atoms with E-state index in [2.05, 4.69) is 25.0 Å². The summed E-state index contributed by atoms with van der Waals surface area (Å²) in [6, 6.07) is 10.8. The minimum atomic E-state index is -0.689. The number of rotatable bonds is 6. The van der Waals surface area contributed by atoms with Gasteiger partial charge in [0.2, 0.25) is 5.82 Å². The average Bonchev–Trinajstić information content (AvgIpc) is 3.15. The van der Waals surface area contributed by atoms with Crippen LogP contribution in [-0.2, 0) is 11.3 Å². The first-order valence-corrected chi connectivity index (χ1v) is 7.64. The Hall–Kier alpha value is -3.75. The number of pyridine rings is 1. The molecular weight excluding hydrogens is 338 g/mol. The Morgan fingerprint density at radius 3 is 2.73 bits per heavy atom. The van der Waals surface area contributed by atoms with E-state index in [0.29, 0.717) is 5.82 Å². The van der Waals surface area contributed by atoms with E-state index in [9.17, 15) is 14.9 Å². The highest BCUT2D eigenvalue weighted by Gasteiger charge is 2.19. The fraction of sp³-hybridized carbons (Fsp3) is 0.118. The topological polar surface area (TPSA) is 123 Å². The zero-order chi connectivity index (χ0) is 18.5.